The molecule has 0 aliphatic rings. The fourth-order valence-corrected chi connectivity index (χ4v) is 4.75. The van der Waals surface area contributed by atoms with Crippen LogP contribution in [-0.4, -0.2) is 117 Å². The largest absolute Gasteiger partial charge is 0.508 e. The van der Waals surface area contributed by atoms with Gasteiger partial charge in [-0.2, -0.15) is 37.3 Å². The maximum Gasteiger partial charge on any atom is 0.295 e. The molecule has 0 unspecified atom stereocenters. The maximum atomic E-state index is 12.1. The Morgan fingerprint density at radius 3 is 1.10 bits per heavy atom. The van der Waals surface area contributed by atoms with Crippen molar-refractivity contribution in [2.24, 2.45) is 20.5 Å². The monoisotopic (exact) mass is 642 g/mol. The van der Waals surface area contributed by atoms with Crippen molar-refractivity contribution < 1.29 is 36.2 Å². The molecule has 16 heteroatoms. The predicted molar refractivity (Wildman–Crippen MR) is 158 cm³/mol. The molecule has 206 valence electrons. The fraction of sp³-hybridized carbons (Fsp3) is 0. The molecule has 0 aromatic heterocycles. The van der Waals surface area contributed by atoms with E-state index in [1.165, 1.54) is 84.9 Å². The molecule has 12 nitrogen and oxygen atoms in total. The number of phenolic OH excluding ortho intramolecular Hbond substituents is 2. The second-order valence-corrected chi connectivity index (χ2v) is 10.9. The van der Waals surface area contributed by atoms with Crippen LogP contribution in [0.15, 0.2) is 115 Å². The van der Waals surface area contributed by atoms with Crippen LogP contribution in [0.2, 0.25) is 0 Å². The van der Waals surface area contributed by atoms with Crippen molar-refractivity contribution >= 4 is 136 Å². The van der Waals surface area contributed by atoms with Gasteiger partial charge in [-0.25, -0.2) is 0 Å². The Balaban J connectivity index is 0.00000308. The zero-order valence-corrected chi connectivity index (χ0v) is 29.0. The molecule has 4 N–H and O–H groups in total. The number of benzene rings is 4. The van der Waals surface area contributed by atoms with Crippen molar-refractivity contribution in [2.45, 2.75) is 9.79 Å². The van der Waals surface area contributed by atoms with E-state index in [-0.39, 0.29) is 115 Å². The average Bonchev–Trinajstić information content (AvgIpc) is 2.90. The number of rotatable bonds is 8. The molecule has 4 aromatic carbocycles. The summed E-state index contributed by atoms with van der Waals surface area (Å²) in [6.07, 6.45) is 2.48. The van der Waals surface area contributed by atoms with E-state index in [4.69, 9.17) is 0 Å². The third-order valence-electron chi connectivity index (χ3n) is 5.25. The smallest absolute Gasteiger partial charge is 0.295 e. The van der Waals surface area contributed by atoms with Crippen LogP contribution >= 0.6 is 0 Å². The van der Waals surface area contributed by atoms with Gasteiger partial charge in [-0.15, -0.1) is 0 Å². The topological polar surface area (TPSA) is 199 Å². The second-order valence-electron chi connectivity index (χ2n) is 8.16. The molecule has 0 amide bonds. The minimum Gasteiger partial charge on any atom is -0.508 e. The normalized spacial score (nSPS) is 12.0. The van der Waals surface area contributed by atoms with Crippen molar-refractivity contribution in [3.05, 3.63) is 96.1 Å². The molecule has 42 heavy (non-hydrogen) atoms. The Labute approximate surface area is 306 Å². The van der Waals surface area contributed by atoms with E-state index in [0.717, 1.165) is 12.1 Å². The van der Waals surface area contributed by atoms with Crippen LogP contribution in [-0.2, 0) is 20.2 Å². The molecular weight excluding hydrogens is 623 g/mol. The van der Waals surface area contributed by atoms with E-state index in [0.29, 0.717) is 11.4 Å². The Bertz CT molecular complexity index is 1730. The quantitative estimate of drug-likeness (QED) is 0.0796. The molecule has 0 heterocycles. The van der Waals surface area contributed by atoms with E-state index in [9.17, 15) is 36.2 Å². The fourth-order valence-electron chi connectivity index (χ4n) is 3.34. The number of phenols is 2. The van der Waals surface area contributed by atoms with Crippen molar-refractivity contribution in [1.29, 1.82) is 0 Å². The van der Waals surface area contributed by atoms with Crippen LogP contribution in [0.1, 0.15) is 11.1 Å². The molecule has 0 spiro atoms. The minimum absolute atomic E-state index is 0. The number of azo groups is 2. The van der Waals surface area contributed by atoms with Crippen molar-refractivity contribution in [3.63, 3.8) is 0 Å². The molecule has 0 aliphatic heterocycles. The standard InChI is InChI=1S/C26H20N4O8S2.K.Na/c31-23-11-7-19(8-12-23)27-29-21-5-3-17(25(15-21)39(33,34)35)1-2-18-4-6-22(16-26(18)40(36,37)38)30-28-20-9-13-24(32)14-10-20;;/h1-16,31-32H,(H,33,34,35)(H,36,37,38);;. The Morgan fingerprint density at radius 2 is 0.786 bits per heavy atom. The van der Waals surface area contributed by atoms with E-state index >= 15 is 0 Å². The summed E-state index contributed by atoms with van der Waals surface area (Å²) in [7, 11) is -9.45. The second kappa shape index (κ2) is 15.6. The van der Waals surface area contributed by atoms with Gasteiger partial charge in [0.1, 0.15) is 21.3 Å². The molecule has 0 fully saturated rings. The van der Waals surface area contributed by atoms with E-state index < -0.39 is 30.0 Å². The van der Waals surface area contributed by atoms with Gasteiger partial charge in [-0.1, -0.05) is 24.3 Å². The summed E-state index contributed by atoms with van der Waals surface area (Å²) >= 11 is 0. The van der Waals surface area contributed by atoms with Crippen molar-refractivity contribution in [1.82, 2.24) is 0 Å². The number of nitrogens with zero attached hydrogens (tertiary/aromatic N) is 4. The zero-order valence-electron chi connectivity index (χ0n) is 22.3. The van der Waals surface area contributed by atoms with Gasteiger partial charge in [-0.05, 0) is 83.9 Å². The number of aromatic hydroxyl groups is 2. The summed E-state index contributed by atoms with van der Waals surface area (Å²) in [4.78, 5) is -1.03. The first-order valence-electron chi connectivity index (χ1n) is 11.2. The van der Waals surface area contributed by atoms with Crippen molar-refractivity contribution in [2.75, 3.05) is 0 Å². The summed E-state index contributed by atoms with van der Waals surface area (Å²) in [6.45, 7) is 0. The predicted octanol–water partition coefficient (Wildman–Crippen LogP) is 5.83. The van der Waals surface area contributed by atoms with Crippen LogP contribution < -0.4 is 0 Å². The Hall–Kier alpha value is -2.12. The molecule has 0 bridgehead atoms. The molecule has 0 aliphatic carbocycles. The van der Waals surface area contributed by atoms with Crippen LogP contribution in [0, 0.1) is 0 Å². The van der Waals surface area contributed by atoms with Gasteiger partial charge in [0.2, 0.25) is 0 Å². The van der Waals surface area contributed by atoms with Gasteiger partial charge in [0, 0.05) is 80.9 Å². The first-order chi connectivity index (χ1) is 18.9. The van der Waals surface area contributed by atoms with E-state index in [1.807, 2.05) is 0 Å². The molecule has 4 aromatic rings. The molecule has 2 radical (unpaired) electrons. The average molecular weight is 643 g/mol. The zero-order chi connectivity index (χ0) is 28.9. The summed E-state index contributed by atoms with van der Waals surface area (Å²) in [5.41, 5.74) is 0.976. The van der Waals surface area contributed by atoms with Crippen molar-refractivity contribution in [3.8, 4) is 11.5 Å². The molecule has 0 atom stereocenters. The van der Waals surface area contributed by atoms with Gasteiger partial charge in [0.15, 0.2) is 0 Å². The molecule has 0 saturated heterocycles. The molecule has 4 rings (SSSR count). The summed E-state index contributed by atoms with van der Waals surface area (Å²) in [5.74, 6) is 0.0723. The number of hydrogen-bond acceptors (Lipinski definition) is 10. The Kier molecular flexibility index (Phi) is 13.4. The third-order valence-corrected chi connectivity index (χ3v) is 7.07. The first-order valence-corrected chi connectivity index (χ1v) is 14.1. The van der Waals surface area contributed by atoms with Gasteiger partial charge < -0.3 is 10.2 Å². The van der Waals surface area contributed by atoms with E-state index in [1.54, 1.807) is 0 Å². The third kappa shape index (κ3) is 10.3. The van der Waals surface area contributed by atoms with Crippen LogP contribution in [0.4, 0.5) is 22.7 Å². The van der Waals surface area contributed by atoms with Crippen LogP contribution in [0.3, 0.4) is 0 Å². The SMILES string of the molecule is O=S(=O)(O)c1cc(N=Nc2ccc(O)cc2)ccc1C=Cc1ccc(N=Nc2ccc(O)cc2)cc1S(=O)(=O)O.[K].[Na]. The minimum atomic E-state index is -4.73. The van der Waals surface area contributed by atoms with Gasteiger partial charge in [-0.3, -0.25) is 9.11 Å². The molecule has 0 saturated carbocycles. The first kappa shape index (κ1) is 36.1. The van der Waals surface area contributed by atoms with Gasteiger partial charge in [0.05, 0.1) is 22.7 Å². The van der Waals surface area contributed by atoms with Gasteiger partial charge >= 0.3 is 0 Å². The Morgan fingerprint density at radius 1 is 0.500 bits per heavy atom. The number of hydrogen-bond donors (Lipinski definition) is 4. The van der Waals surface area contributed by atoms with Crippen LogP contribution in [0.5, 0.6) is 11.5 Å². The summed E-state index contributed by atoms with van der Waals surface area (Å²) in [5, 5.41) is 34.5. The van der Waals surface area contributed by atoms with Crippen LogP contribution in [0.25, 0.3) is 12.2 Å². The van der Waals surface area contributed by atoms with Gasteiger partial charge in [0.25, 0.3) is 20.2 Å². The maximum absolute atomic E-state index is 12.1. The summed E-state index contributed by atoms with van der Waals surface area (Å²) in [6, 6.07) is 19.2. The van der Waals surface area contributed by atoms with E-state index in [2.05, 4.69) is 20.5 Å². The molecular formula is C26H20KN4NaO8S2. The summed E-state index contributed by atoms with van der Waals surface area (Å²) < 4.78 is 67.7.